The number of methoxy groups -OCH3 is 1. The van der Waals surface area contributed by atoms with Gasteiger partial charge in [0.25, 0.3) is 0 Å². The quantitative estimate of drug-likeness (QED) is 0.739. The number of pyridine rings is 1. The van der Waals surface area contributed by atoms with E-state index in [1.54, 1.807) is 13.3 Å². The van der Waals surface area contributed by atoms with Crippen LogP contribution >= 0.6 is 0 Å². The van der Waals surface area contributed by atoms with Crippen LogP contribution < -0.4 is 5.32 Å². The molecule has 18 heavy (non-hydrogen) atoms. The minimum absolute atomic E-state index is 0.0870. The summed E-state index contributed by atoms with van der Waals surface area (Å²) in [6.07, 6.45) is 2.50. The van der Waals surface area contributed by atoms with Gasteiger partial charge in [0, 0.05) is 19.9 Å². The minimum Gasteiger partial charge on any atom is -0.394 e. The zero-order chi connectivity index (χ0) is 13.4. The summed E-state index contributed by atoms with van der Waals surface area (Å²) >= 11 is 0. The maximum Gasteiger partial charge on any atom is 0.226 e. The molecule has 0 aliphatic carbocycles. The lowest BCUT2D eigenvalue weighted by atomic mass is 10.1. The molecule has 2 N–H and O–H groups in total. The van der Waals surface area contributed by atoms with Gasteiger partial charge in [-0.3, -0.25) is 9.78 Å². The third kappa shape index (κ3) is 4.81. The first-order valence-electron chi connectivity index (χ1n) is 5.97. The summed E-state index contributed by atoms with van der Waals surface area (Å²) in [5.74, 6) is -0.132. The topological polar surface area (TPSA) is 71.5 Å². The number of aromatic nitrogens is 1. The van der Waals surface area contributed by atoms with Gasteiger partial charge in [-0.25, -0.2) is 0 Å². The fourth-order valence-corrected chi connectivity index (χ4v) is 1.60. The van der Waals surface area contributed by atoms with Gasteiger partial charge in [0.05, 0.1) is 24.8 Å². The Kier molecular flexibility index (Phi) is 6.32. The van der Waals surface area contributed by atoms with Crippen molar-refractivity contribution in [2.45, 2.75) is 25.8 Å². The van der Waals surface area contributed by atoms with E-state index in [0.29, 0.717) is 13.0 Å². The summed E-state index contributed by atoms with van der Waals surface area (Å²) in [7, 11) is 1.59. The normalized spacial score (nSPS) is 12.2. The highest BCUT2D eigenvalue weighted by molar-refractivity contribution is 5.78. The van der Waals surface area contributed by atoms with E-state index in [2.05, 4.69) is 10.3 Å². The first kappa shape index (κ1) is 14.6. The van der Waals surface area contributed by atoms with Crippen molar-refractivity contribution in [3.63, 3.8) is 0 Å². The van der Waals surface area contributed by atoms with E-state index in [4.69, 9.17) is 9.84 Å². The molecule has 1 unspecified atom stereocenters. The molecule has 0 fully saturated rings. The van der Waals surface area contributed by atoms with Crippen molar-refractivity contribution in [2.75, 3.05) is 20.3 Å². The van der Waals surface area contributed by atoms with E-state index in [1.165, 1.54) is 0 Å². The number of aliphatic hydroxyl groups excluding tert-OH is 1. The summed E-state index contributed by atoms with van der Waals surface area (Å²) in [5, 5.41) is 11.9. The number of ether oxygens (including phenoxy) is 1. The Morgan fingerprint density at radius 2 is 2.39 bits per heavy atom. The van der Waals surface area contributed by atoms with E-state index in [-0.39, 0.29) is 25.0 Å². The van der Waals surface area contributed by atoms with Crippen LogP contribution in [0.2, 0.25) is 0 Å². The molecule has 1 rings (SSSR count). The van der Waals surface area contributed by atoms with Crippen molar-refractivity contribution >= 4 is 5.91 Å². The highest BCUT2D eigenvalue weighted by Gasteiger charge is 2.12. The van der Waals surface area contributed by atoms with E-state index in [0.717, 1.165) is 11.3 Å². The number of hydrogen-bond donors (Lipinski definition) is 2. The standard InChI is InChI=1S/C13H20N2O3/c1-10-4-3-6-14-12(10)8-13(17)15-11(9-16)5-7-18-2/h3-4,6,11,16H,5,7-9H2,1-2H3,(H,15,17). The van der Waals surface area contributed by atoms with Crippen LogP contribution in [0.15, 0.2) is 18.3 Å². The second-order valence-corrected chi connectivity index (χ2v) is 4.17. The number of rotatable bonds is 7. The number of carbonyl (C=O) groups is 1. The molecule has 0 saturated heterocycles. The van der Waals surface area contributed by atoms with Crippen molar-refractivity contribution in [3.05, 3.63) is 29.6 Å². The van der Waals surface area contributed by atoms with Crippen LogP contribution in [-0.2, 0) is 16.0 Å². The molecule has 1 heterocycles. The van der Waals surface area contributed by atoms with Crippen LogP contribution in [0.1, 0.15) is 17.7 Å². The summed E-state index contributed by atoms with van der Waals surface area (Å²) in [4.78, 5) is 16.0. The zero-order valence-electron chi connectivity index (χ0n) is 10.8. The van der Waals surface area contributed by atoms with Crippen LogP contribution in [0.5, 0.6) is 0 Å². The largest absolute Gasteiger partial charge is 0.394 e. The van der Waals surface area contributed by atoms with Crippen LogP contribution in [0, 0.1) is 6.92 Å². The molecule has 100 valence electrons. The van der Waals surface area contributed by atoms with E-state index in [9.17, 15) is 4.79 Å². The van der Waals surface area contributed by atoms with Crippen LogP contribution in [0.25, 0.3) is 0 Å². The van der Waals surface area contributed by atoms with Gasteiger partial charge in [0.1, 0.15) is 0 Å². The number of aryl methyl sites for hydroxylation is 1. The van der Waals surface area contributed by atoms with Crippen LogP contribution in [0.3, 0.4) is 0 Å². The second-order valence-electron chi connectivity index (χ2n) is 4.17. The molecule has 1 aromatic rings. The Bertz CT molecular complexity index is 382. The van der Waals surface area contributed by atoms with Crippen LogP contribution in [-0.4, -0.2) is 42.4 Å². The van der Waals surface area contributed by atoms with Gasteiger partial charge in [-0.15, -0.1) is 0 Å². The number of amides is 1. The van der Waals surface area contributed by atoms with Gasteiger partial charge in [-0.2, -0.15) is 0 Å². The molecule has 1 aromatic heterocycles. The lowest BCUT2D eigenvalue weighted by Crippen LogP contribution is -2.39. The first-order valence-corrected chi connectivity index (χ1v) is 5.97. The molecular formula is C13H20N2O3. The Balaban J connectivity index is 2.48. The molecule has 0 spiro atoms. The number of hydrogen-bond acceptors (Lipinski definition) is 4. The van der Waals surface area contributed by atoms with E-state index >= 15 is 0 Å². The summed E-state index contributed by atoms with van der Waals surface area (Å²) in [6, 6.07) is 3.50. The molecule has 5 nitrogen and oxygen atoms in total. The fourth-order valence-electron chi connectivity index (χ4n) is 1.60. The van der Waals surface area contributed by atoms with Crippen molar-refractivity contribution in [1.82, 2.24) is 10.3 Å². The lowest BCUT2D eigenvalue weighted by molar-refractivity contribution is -0.121. The molecule has 0 radical (unpaired) electrons. The molecule has 5 heteroatoms. The maximum atomic E-state index is 11.8. The third-order valence-corrected chi connectivity index (χ3v) is 2.70. The fraction of sp³-hybridized carbons (Fsp3) is 0.538. The molecule has 0 bridgehead atoms. The Hall–Kier alpha value is -1.46. The second kappa shape index (κ2) is 7.79. The first-order chi connectivity index (χ1) is 8.67. The van der Waals surface area contributed by atoms with Gasteiger partial charge in [0.15, 0.2) is 0 Å². The maximum absolute atomic E-state index is 11.8. The Morgan fingerprint density at radius 3 is 3.00 bits per heavy atom. The Labute approximate surface area is 107 Å². The Morgan fingerprint density at radius 1 is 1.61 bits per heavy atom. The molecular weight excluding hydrogens is 232 g/mol. The SMILES string of the molecule is COCCC(CO)NC(=O)Cc1ncccc1C. The predicted octanol–water partition coefficient (Wildman–Crippen LogP) is 0.446. The highest BCUT2D eigenvalue weighted by atomic mass is 16.5. The third-order valence-electron chi connectivity index (χ3n) is 2.70. The number of aliphatic hydroxyl groups is 1. The van der Waals surface area contributed by atoms with Crippen molar-refractivity contribution < 1.29 is 14.6 Å². The van der Waals surface area contributed by atoms with Crippen molar-refractivity contribution in [1.29, 1.82) is 0 Å². The minimum atomic E-state index is -0.263. The summed E-state index contributed by atoms with van der Waals surface area (Å²) < 4.78 is 4.92. The van der Waals surface area contributed by atoms with E-state index in [1.807, 2.05) is 19.1 Å². The number of nitrogens with one attached hydrogen (secondary N) is 1. The van der Waals surface area contributed by atoms with E-state index < -0.39 is 0 Å². The van der Waals surface area contributed by atoms with Gasteiger partial charge in [-0.1, -0.05) is 6.07 Å². The molecule has 1 atom stereocenters. The average molecular weight is 252 g/mol. The van der Waals surface area contributed by atoms with Crippen LogP contribution in [0.4, 0.5) is 0 Å². The molecule has 0 saturated carbocycles. The van der Waals surface area contributed by atoms with Gasteiger partial charge in [0.2, 0.25) is 5.91 Å². The monoisotopic (exact) mass is 252 g/mol. The molecule has 0 aliphatic heterocycles. The molecule has 0 aliphatic rings. The summed E-state index contributed by atoms with van der Waals surface area (Å²) in [5.41, 5.74) is 1.75. The number of nitrogens with zero attached hydrogens (tertiary/aromatic N) is 1. The predicted molar refractivity (Wildman–Crippen MR) is 68.2 cm³/mol. The summed E-state index contributed by atoms with van der Waals surface area (Å²) in [6.45, 7) is 2.34. The molecule has 1 amide bonds. The highest BCUT2D eigenvalue weighted by Crippen LogP contribution is 2.04. The van der Waals surface area contributed by atoms with Gasteiger partial charge < -0.3 is 15.2 Å². The smallest absolute Gasteiger partial charge is 0.226 e. The zero-order valence-corrected chi connectivity index (χ0v) is 10.8. The van der Waals surface area contributed by atoms with Crippen molar-refractivity contribution in [2.24, 2.45) is 0 Å². The number of carbonyl (C=O) groups excluding carboxylic acids is 1. The van der Waals surface area contributed by atoms with Crippen molar-refractivity contribution in [3.8, 4) is 0 Å². The molecule has 0 aromatic carbocycles. The van der Waals surface area contributed by atoms with Gasteiger partial charge in [-0.05, 0) is 25.0 Å². The lowest BCUT2D eigenvalue weighted by Gasteiger charge is -2.15. The van der Waals surface area contributed by atoms with Gasteiger partial charge >= 0.3 is 0 Å². The average Bonchev–Trinajstić information content (AvgIpc) is 2.37.